The molecule has 31 heavy (non-hydrogen) atoms. The highest BCUT2D eigenvalue weighted by Gasteiger charge is 2.13. The summed E-state index contributed by atoms with van der Waals surface area (Å²) in [5, 5.41) is 3.01. The average Bonchev–Trinajstić information content (AvgIpc) is 3.12. The number of rotatable bonds is 8. The van der Waals surface area contributed by atoms with Gasteiger partial charge in [0.2, 0.25) is 5.91 Å². The molecule has 0 atom stereocenters. The minimum absolute atomic E-state index is 0.0693. The second kappa shape index (κ2) is 9.56. The molecular formula is C26H28N4O. The van der Waals surface area contributed by atoms with Crippen molar-refractivity contribution in [2.45, 2.75) is 46.2 Å². The molecule has 2 heterocycles. The summed E-state index contributed by atoms with van der Waals surface area (Å²) in [6, 6.07) is 20.7. The molecule has 0 bridgehead atoms. The molecule has 0 unspecified atom stereocenters. The maximum Gasteiger partial charge on any atom is 0.220 e. The quantitative estimate of drug-likeness (QED) is 0.455. The summed E-state index contributed by atoms with van der Waals surface area (Å²) in [6.45, 7) is 5.44. The summed E-state index contributed by atoms with van der Waals surface area (Å²) < 4.78 is 2.17. The van der Waals surface area contributed by atoms with E-state index in [-0.39, 0.29) is 5.91 Å². The Morgan fingerprint density at radius 1 is 0.935 bits per heavy atom. The van der Waals surface area contributed by atoms with Gasteiger partial charge in [-0.3, -0.25) is 4.79 Å². The van der Waals surface area contributed by atoms with Crippen LogP contribution in [0.4, 0.5) is 0 Å². The van der Waals surface area contributed by atoms with E-state index in [0.717, 1.165) is 41.9 Å². The van der Waals surface area contributed by atoms with Crippen molar-refractivity contribution < 1.29 is 4.79 Å². The fourth-order valence-electron chi connectivity index (χ4n) is 3.64. The standard InChI is InChI=1S/C26H28N4O/c1-19-8-12-21(13-9-19)17-28-25(31)7-3-6-24-29-23-5-4-16-27-26(23)30(24)18-22-14-10-20(2)11-15-22/h4-5,8-16H,3,6-7,17-18H2,1-2H3,(H,28,31). The van der Waals surface area contributed by atoms with Crippen LogP contribution in [-0.2, 0) is 24.3 Å². The molecule has 0 saturated heterocycles. The van der Waals surface area contributed by atoms with Gasteiger partial charge in [0.15, 0.2) is 5.65 Å². The lowest BCUT2D eigenvalue weighted by atomic mass is 10.1. The highest BCUT2D eigenvalue weighted by molar-refractivity contribution is 5.76. The van der Waals surface area contributed by atoms with E-state index in [0.29, 0.717) is 13.0 Å². The topological polar surface area (TPSA) is 59.8 Å². The van der Waals surface area contributed by atoms with E-state index < -0.39 is 0 Å². The van der Waals surface area contributed by atoms with Crippen LogP contribution in [0, 0.1) is 13.8 Å². The first-order valence-electron chi connectivity index (χ1n) is 10.8. The van der Waals surface area contributed by atoms with E-state index in [1.807, 2.05) is 12.1 Å². The van der Waals surface area contributed by atoms with Crippen LogP contribution in [0.15, 0.2) is 66.9 Å². The lowest BCUT2D eigenvalue weighted by Crippen LogP contribution is -2.22. The van der Waals surface area contributed by atoms with Crippen LogP contribution in [0.1, 0.15) is 40.9 Å². The molecule has 158 valence electrons. The van der Waals surface area contributed by atoms with Crippen LogP contribution in [0.25, 0.3) is 11.2 Å². The summed E-state index contributed by atoms with van der Waals surface area (Å²) in [6.07, 6.45) is 3.77. The number of pyridine rings is 1. The van der Waals surface area contributed by atoms with Crippen LogP contribution >= 0.6 is 0 Å². The highest BCUT2D eigenvalue weighted by Crippen LogP contribution is 2.18. The van der Waals surface area contributed by atoms with Gasteiger partial charge in [0.1, 0.15) is 11.3 Å². The van der Waals surface area contributed by atoms with Gasteiger partial charge in [0, 0.05) is 25.6 Å². The van der Waals surface area contributed by atoms with Gasteiger partial charge < -0.3 is 9.88 Å². The molecule has 5 nitrogen and oxygen atoms in total. The molecule has 0 spiro atoms. The maximum atomic E-state index is 12.3. The van der Waals surface area contributed by atoms with E-state index in [4.69, 9.17) is 4.98 Å². The van der Waals surface area contributed by atoms with Gasteiger partial charge >= 0.3 is 0 Å². The molecule has 2 aromatic carbocycles. The van der Waals surface area contributed by atoms with Crippen molar-refractivity contribution in [1.82, 2.24) is 19.9 Å². The van der Waals surface area contributed by atoms with Gasteiger partial charge in [-0.2, -0.15) is 0 Å². The normalized spacial score (nSPS) is 11.0. The number of aromatic nitrogens is 3. The Morgan fingerprint density at radius 3 is 2.32 bits per heavy atom. The predicted molar refractivity (Wildman–Crippen MR) is 124 cm³/mol. The lowest BCUT2D eigenvalue weighted by molar-refractivity contribution is -0.121. The number of amides is 1. The second-order valence-corrected chi connectivity index (χ2v) is 8.06. The second-order valence-electron chi connectivity index (χ2n) is 8.06. The van der Waals surface area contributed by atoms with Crippen LogP contribution in [0.3, 0.4) is 0 Å². The summed E-state index contributed by atoms with van der Waals surface area (Å²) in [4.78, 5) is 21.6. The Kier molecular flexibility index (Phi) is 6.41. The largest absolute Gasteiger partial charge is 0.352 e. The van der Waals surface area contributed by atoms with Gasteiger partial charge in [0.25, 0.3) is 0 Å². The van der Waals surface area contributed by atoms with Crippen molar-refractivity contribution >= 4 is 17.1 Å². The predicted octanol–water partition coefficient (Wildman–Crippen LogP) is 4.74. The van der Waals surface area contributed by atoms with E-state index in [1.54, 1.807) is 6.20 Å². The lowest BCUT2D eigenvalue weighted by Gasteiger charge is -2.10. The number of aryl methyl sites for hydroxylation is 3. The molecular weight excluding hydrogens is 384 g/mol. The number of hydrogen-bond acceptors (Lipinski definition) is 3. The van der Waals surface area contributed by atoms with Crippen LogP contribution in [-0.4, -0.2) is 20.4 Å². The monoisotopic (exact) mass is 412 g/mol. The molecule has 1 amide bonds. The molecule has 4 rings (SSSR count). The first-order chi connectivity index (χ1) is 15.1. The molecule has 5 heteroatoms. The molecule has 0 radical (unpaired) electrons. The molecule has 0 aliphatic rings. The van der Waals surface area contributed by atoms with Crippen molar-refractivity contribution in [2.75, 3.05) is 0 Å². The van der Waals surface area contributed by atoms with Gasteiger partial charge in [-0.05, 0) is 43.5 Å². The van der Waals surface area contributed by atoms with Crippen molar-refractivity contribution in [3.63, 3.8) is 0 Å². The zero-order valence-electron chi connectivity index (χ0n) is 18.1. The number of nitrogens with one attached hydrogen (secondary N) is 1. The number of carbonyl (C=O) groups excluding carboxylic acids is 1. The Hall–Kier alpha value is -3.47. The minimum atomic E-state index is 0.0693. The van der Waals surface area contributed by atoms with Crippen molar-refractivity contribution in [2.24, 2.45) is 0 Å². The minimum Gasteiger partial charge on any atom is -0.352 e. The van der Waals surface area contributed by atoms with Gasteiger partial charge in [-0.15, -0.1) is 0 Å². The summed E-state index contributed by atoms with van der Waals surface area (Å²) in [5.41, 5.74) is 6.58. The van der Waals surface area contributed by atoms with E-state index in [2.05, 4.69) is 77.2 Å². The fourth-order valence-corrected chi connectivity index (χ4v) is 3.64. The van der Waals surface area contributed by atoms with Crippen LogP contribution < -0.4 is 5.32 Å². The van der Waals surface area contributed by atoms with Crippen molar-refractivity contribution in [1.29, 1.82) is 0 Å². The van der Waals surface area contributed by atoms with Gasteiger partial charge in [-0.1, -0.05) is 59.7 Å². The number of nitrogens with zero attached hydrogens (tertiary/aromatic N) is 3. The third kappa shape index (κ3) is 5.37. The first-order valence-corrected chi connectivity index (χ1v) is 10.8. The van der Waals surface area contributed by atoms with E-state index in [9.17, 15) is 4.79 Å². The zero-order chi connectivity index (χ0) is 21.6. The SMILES string of the molecule is Cc1ccc(CNC(=O)CCCc2nc3cccnc3n2Cc2ccc(C)cc2)cc1. The number of benzene rings is 2. The Labute approximate surface area is 183 Å². The smallest absolute Gasteiger partial charge is 0.220 e. The van der Waals surface area contributed by atoms with Crippen molar-refractivity contribution in [3.05, 3.63) is 94.9 Å². The molecule has 1 N–H and O–H groups in total. The fraction of sp³-hybridized carbons (Fsp3) is 0.269. The highest BCUT2D eigenvalue weighted by atomic mass is 16.1. The Morgan fingerprint density at radius 2 is 1.61 bits per heavy atom. The summed E-state index contributed by atoms with van der Waals surface area (Å²) in [7, 11) is 0. The van der Waals surface area contributed by atoms with Crippen molar-refractivity contribution in [3.8, 4) is 0 Å². The molecule has 0 aliphatic heterocycles. The van der Waals surface area contributed by atoms with Gasteiger partial charge in [-0.25, -0.2) is 9.97 Å². The third-order valence-corrected chi connectivity index (χ3v) is 5.46. The van der Waals surface area contributed by atoms with Gasteiger partial charge in [0.05, 0.1) is 6.54 Å². The molecule has 2 aromatic heterocycles. The number of fused-ring (bicyclic) bond motifs is 1. The van der Waals surface area contributed by atoms with Crippen LogP contribution in [0.2, 0.25) is 0 Å². The maximum absolute atomic E-state index is 12.3. The number of hydrogen-bond donors (Lipinski definition) is 1. The van der Waals surface area contributed by atoms with E-state index >= 15 is 0 Å². The average molecular weight is 413 g/mol. The molecule has 0 fully saturated rings. The molecule has 0 aliphatic carbocycles. The number of imidazole rings is 1. The summed E-state index contributed by atoms with van der Waals surface area (Å²) in [5.74, 6) is 1.04. The van der Waals surface area contributed by atoms with Crippen LogP contribution in [0.5, 0.6) is 0 Å². The zero-order valence-corrected chi connectivity index (χ0v) is 18.1. The molecule has 0 saturated carbocycles. The third-order valence-electron chi connectivity index (χ3n) is 5.46. The Bertz CT molecular complexity index is 1160. The summed E-state index contributed by atoms with van der Waals surface area (Å²) >= 11 is 0. The van der Waals surface area contributed by atoms with E-state index in [1.165, 1.54) is 16.7 Å². The first kappa shape index (κ1) is 20.8. The molecule has 4 aromatic rings. The number of carbonyl (C=O) groups is 1. The Balaban J connectivity index is 1.39.